The summed E-state index contributed by atoms with van der Waals surface area (Å²) in [7, 11) is 0. The van der Waals surface area contributed by atoms with E-state index in [9.17, 15) is 19.5 Å². The maximum atomic E-state index is 11.7. The van der Waals surface area contributed by atoms with Crippen LogP contribution >= 0.6 is 0 Å². The highest BCUT2D eigenvalue weighted by atomic mass is 16.4. The number of carbonyl (C=O) groups is 3. The Bertz CT molecular complexity index is 514. The number of rotatable bonds is 8. The zero-order chi connectivity index (χ0) is 15.7. The van der Waals surface area contributed by atoms with Gasteiger partial charge >= 0.3 is 0 Å². The number of hydrogen-bond donors (Lipinski definition) is 2. The molecule has 0 radical (unpaired) electrons. The molecule has 0 atom stereocenters. The smallest absolute Gasteiger partial charge is 0.224 e. The number of carboxylic acid groups (broad SMARTS) is 1. The minimum absolute atomic E-state index is 0.0310. The third-order valence-corrected chi connectivity index (χ3v) is 2.88. The lowest BCUT2D eigenvalue weighted by molar-refractivity contribution is -0.254. The van der Waals surface area contributed by atoms with Crippen LogP contribution in [0.3, 0.4) is 0 Å². The van der Waals surface area contributed by atoms with Crippen molar-refractivity contribution in [2.45, 2.75) is 32.6 Å². The van der Waals surface area contributed by atoms with E-state index in [2.05, 4.69) is 10.6 Å². The fourth-order valence-corrected chi connectivity index (χ4v) is 1.83. The van der Waals surface area contributed by atoms with Crippen molar-refractivity contribution in [3.8, 4) is 0 Å². The van der Waals surface area contributed by atoms with Crippen LogP contribution in [0.1, 0.15) is 43.0 Å². The molecule has 2 amide bonds. The molecule has 1 aromatic carbocycles. The number of benzene rings is 1. The standard InChI is InChI=1S/C15H20N2O4/c1-11(18)16-10-6-2-3-9-14(19)17-13-8-5-4-7-12(13)15(20)21/h4-5,7-8H,2-3,6,9-10H2,1H3,(H,16,18)(H,17,19)(H,20,21)/p-1. The molecule has 6 heteroatoms. The number of para-hydroxylation sites is 1. The lowest BCUT2D eigenvalue weighted by Gasteiger charge is -2.11. The van der Waals surface area contributed by atoms with Crippen molar-refractivity contribution < 1.29 is 19.5 Å². The molecule has 0 fully saturated rings. The molecular weight excluding hydrogens is 272 g/mol. The van der Waals surface area contributed by atoms with E-state index in [0.717, 1.165) is 12.8 Å². The monoisotopic (exact) mass is 291 g/mol. The third-order valence-electron chi connectivity index (χ3n) is 2.88. The molecular formula is C15H19N2O4-. The zero-order valence-corrected chi connectivity index (χ0v) is 12.0. The van der Waals surface area contributed by atoms with Gasteiger partial charge in [0.15, 0.2) is 0 Å². The average Bonchev–Trinajstić information content (AvgIpc) is 2.42. The Balaban J connectivity index is 2.31. The molecule has 0 aliphatic heterocycles. The molecule has 0 bridgehead atoms. The predicted octanol–water partition coefficient (Wildman–Crippen LogP) is 0.685. The van der Waals surface area contributed by atoms with Gasteiger partial charge in [-0.15, -0.1) is 0 Å². The van der Waals surface area contributed by atoms with E-state index in [1.54, 1.807) is 12.1 Å². The van der Waals surface area contributed by atoms with Gasteiger partial charge in [-0.3, -0.25) is 9.59 Å². The summed E-state index contributed by atoms with van der Waals surface area (Å²) < 4.78 is 0. The van der Waals surface area contributed by atoms with E-state index in [-0.39, 0.29) is 23.1 Å². The molecule has 0 spiro atoms. The number of anilines is 1. The van der Waals surface area contributed by atoms with Gasteiger partial charge in [-0.1, -0.05) is 24.6 Å². The lowest BCUT2D eigenvalue weighted by Crippen LogP contribution is -2.24. The van der Waals surface area contributed by atoms with Crippen molar-refractivity contribution in [1.82, 2.24) is 5.32 Å². The molecule has 114 valence electrons. The van der Waals surface area contributed by atoms with Crippen LogP contribution in [0.15, 0.2) is 24.3 Å². The first kappa shape index (κ1) is 16.7. The molecule has 0 aliphatic rings. The van der Waals surface area contributed by atoms with Crippen molar-refractivity contribution in [3.63, 3.8) is 0 Å². The fraction of sp³-hybridized carbons (Fsp3) is 0.400. The summed E-state index contributed by atoms with van der Waals surface area (Å²) in [4.78, 5) is 33.3. The van der Waals surface area contributed by atoms with Crippen LogP contribution in [0.2, 0.25) is 0 Å². The van der Waals surface area contributed by atoms with E-state index >= 15 is 0 Å². The van der Waals surface area contributed by atoms with Crippen LogP contribution in [0.25, 0.3) is 0 Å². The van der Waals surface area contributed by atoms with Crippen LogP contribution in [0.4, 0.5) is 5.69 Å². The van der Waals surface area contributed by atoms with Crippen molar-refractivity contribution in [2.24, 2.45) is 0 Å². The van der Waals surface area contributed by atoms with Crippen molar-refractivity contribution in [2.75, 3.05) is 11.9 Å². The summed E-state index contributed by atoms with van der Waals surface area (Å²) >= 11 is 0. The summed E-state index contributed by atoms with van der Waals surface area (Å²) in [6, 6.07) is 6.14. The Morgan fingerprint density at radius 2 is 1.81 bits per heavy atom. The molecule has 21 heavy (non-hydrogen) atoms. The SMILES string of the molecule is CC(=O)NCCCCCC(=O)Nc1ccccc1C(=O)[O-]. The molecule has 1 aromatic rings. The molecule has 1 rings (SSSR count). The number of unbranched alkanes of at least 4 members (excludes halogenated alkanes) is 2. The van der Waals surface area contributed by atoms with Crippen LogP contribution in [-0.2, 0) is 9.59 Å². The van der Waals surface area contributed by atoms with Crippen LogP contribution in [0, 0.1) is 0 Å². The summed E-state index contributed by atoms with van der Waals surface area (Å²) in [5.41, 5.74) is 0.220. The summed E-state index contributed by atoms with van der Waals surface area (Å²) in [5.74, 6) is -1.61. The number of hydrogen-bond acceptors (Lipinski definition) is 4. The van der Waals surface area contributed by atoms with Crippen LogP contribution in [-0.4, -0.2) is 24.3 Å². The van der Waals surface area contributed by atoms with E-state index in [4.69, 9.17) is 0 Å². The second kappa shape index (κ2) is 8.73. The Labute approximate surface area is 123 Å². The molecule has 0 aromatic heterocycles. The average molecular weight is 291 g/mol. The molecule has 0 unspecified atom stereocenters. The third kappa shape index (κ3) is 6.56. The van der Waals surface area contributed by atoms with Gasteiger partial charge < -0.3 is 20.5 Å². The van der Waals surface area contributed by atoms with Gasteiger partial charge in [-0.05, 0) is 18.9 Å². The predicted molar refractivity (Wildman–Crippen MR) is 76.6 cm³/mol. The largest absolute Gasteiger partial charge is 0.545 e. The van der Waals surface area contributed by atoms with Gasteiger partial charge in [0.1, 0.15) is 0 Å². The normalized spacial score (nSPS) is 9.95. The Morgan fingerprint density at radius 1 is 1.10 bits per heavy atom. The van der Waals surface area contributed by atoms with E-state index in [0.29, 0.717) is 19.4 Å². The Hall–Kier alpha value is -2.37. The molecule has 0 aliphatic carbocycles. The topological polar surface area (TPSA) is 98.3 Å². The van der Waals surface area contributed by atoms with Gasteiger partial charge in [-0.2, -0.15) is 0 Å². The molecule has 0 heterocycles. The maximum Gasteiger partial charge on any atom is 0.224 e. The number of carbonyl (C=O) groups excluding carboxylic acids is 3. The van der Waals surface area contributed by atoms with Gasteiger partial charge in [0.2, 0.25) is 11.8 Å². The highest BCUT2D eigenvalue weighted by molar-refractivity contribution is 5.99. The first-order chi connectivity index (χ1) is 10.0. The molecule has 0 saturated heterocycles. The Morgan fingerprint density at radius 3 is 2.48 bits per heavy atom. The summed E-state index contributed by atoms with van der Waals surface area (Å²) in [5, 5.41) is 16.1. The molecule has 2 N–H and O–H groups in total. The van der Waals surface area contributed by atoms with Crippen molar-refractivity contribution in [1.29, 1.82) is 0 Å². The van der Waals surface area contributed by atoms with Gasteiger partial charge in [-0.25, -0.2) is 0 Å². The van der Waals surface area contributed by atoms with Crippen molar-refractivity contribution in [3.05, 3.63) is 29.8 Å². The Kier molecular flexibility index (Phi) is 6.94. The quantitative estimate of drug-likeness (QED) is 0.688. The van der Waals surface area contributed by atoms with Crippen LogP contribution < -0.4 is 15.7 Å². The number of amides is 2. The van der Waals surface area contributed by atoms with E-state index < -0.39 is 5.97 Å². The molecule has 0 saturated carbocycles. The fourth-order valence-electron chi connectivity index (χ4n) is 1.83. The van der Waals surface area contributed by atoms with Gasteiger partial charge in [0.25, 0.3) is 0 Å². The highest BCUT2D eigenvalue weighted by Gasteiger charge is 2.06. The number of aromatic carboxylic acids is 1. The number of nitrogens with one attached hydrogen (secondary N) is 2. The lowest BCUT2D eigenvalue weighted by atomic mass is 10.1. The van der Waals surface area contributed by atoms with E-state index in [1.165, 1.54) is 19.1 Å². The van der Waals surface area contributed by atoms with E-state index in [1.807, 2.05) is 0 Å². The minimum atomic E-state index is -1.32. The molecule has 6 nitrogen and oxygen atoms in total. The second-order valence-electron chi connectivity index (χ2n) is 4.67. The summed E-state index contributed by atoms with van der Waals surface area (Å²) in [6.07, 6.45) is 2.61. The number of carboxylic acids is 1. The van der Waals surface area contributed by atoms with Crippen LogP contribution in [0.5, 0.6) is 0 Å². The van der Waals surface area contributed by atoms with Gasteiger partial charge in [0, 0.05) is 31.1 Å². The maximum absolute atomic E-state index is 11.7. The zero-order valence-electron chi connectivity index (χ0n) is 12.0. The second-order valence-corrected chi connectivity index (χ2v) is 4.67. The van der Waals surface area contributed by atoms with Crippen molar-refractivity contribution >= 4 is 23.5 Å². The van der Waals surface area contributed by atoms with Gasteiger partial charge in [0.05, 0.1) is 5.97 Å². The highest BCUT2D eigenvalue weighted by Crippen LogP contribution is 2.14. The minimum Gasteiger partial charge on any atom is -0.545 e. The first-order valence-corrected chi connectivity index (χ1v) is 6.85. The summed E-state index contributed by atoms with van der Waals surface area (Å²) in [6.45, 7) is 2.06. The first-order valence-electron chi connectivity index (χ1n) is 6.85.